The van der Waals surface area contributed by atoms with E-state index in [2.05, 4.69) is 91.7 Å². The molecular weight excluding hydrogens is 405 g/mol. The van der Waals surface area contributed by atoms with E-state index in [9.17, 15) is 0 Å². The van der Waals surface area contributed by atoms with Gasteiger partial charge in [-0.2, -0.15) is 0 Å². The van der Waals surface area contributed by atoms with Crippen LogP contribution in [0.4, 0.5) is 0 Å². The Hall–Kier alpha value is -3.48. The molecule has 0 aromatic carbocycles. The molecule has 4 N–H and O–H groups in total. The standard InChI is InChI=1S/C23H17N5.Co/c1-2-20-21-12-18-7-5-16(26-18)10-14-3-4-15(25-14)11-17-6-8-19(27-17)13-22(28-21)23(20)24-9-1;/h1-13,25-28H;. The van der Waals surface area contributed by atoms with Crippen molar-refractivity contribution in [2.24, 2.45) is 0 Å². The quantitative estimate of drug-likeness (QED) is 0.292. The number of hydrogen-bond acceptors (Lipinski definition) is 1. The maximum absolute atomic E-state index is 4.60. The Labute approximate surface area is 175 Å². The number of aromatic nitrogens is 5. The maximum atomic E-state index is 4.60. The predicted octanol–water partition coefficient (Wildman–Crippen LogP) is 1.17. The summed E-state index contributed by atoms with van der Waals surface area (Å²) in [6, 6.07) is 16.6. The number of nitrogens with zero attached hydrogens (tertiary/aromatic N) is 1. The van der Waals surface area contributed by atoms with Gasteiger partial charge in [0.15, 0.2) is 0 Å². The molecule has 29 heavy (non-hydrogen) atoms. The number of nitrogens with one attached hydrogen (secondary N) is 4. The second kappa shape index (κ2) is 6.84. The van der Waals surface area contributed by atoms with Crippen molar-refractivity contribution in [1.29, 1.82) is 0 Å². The molecule has 8 bridgehead atoms. The maximum Gasteiger partial charge on any atom is 0.0958 e. The first-order valence-electron chi connectivity index (χ1n) is 9.23. The average Bonchev–Trinajstić information content (AvgIpc) is 3.47. The number of pyridine rings is 1. The Morgan fingerprint density at radius 1 is 0.552 bits per heavy atom. The van der Waals surface area contributed by atoms with Crippen LogP contribution in [0.2, 0.25) is 0 Å². The zero-order valence-electron chi connectivity index (χ0n) is 15.3. The van der Waals surface area contributed by atoms with E-state index >= 15 is 0 Å². The first-order valence-corrected chi connectivity index (χ1v) is 9.23. The molecule has 6 rings (SSSR count). The van der Waals surface area contributed by atoms with Crippen molar-refractivity contribution in [3.05, 3.63) is 98.9 Å². The fourth-order valence-electron chi connectivity index (χ4n) is 3.77. The van der Waals surface area contributed by atoms with Crippen molar-refractivity contribution < 1.29 is 16.8 Å². The molecule has 5 aromatic heterocycles. The summed E-state index contributed by atoms with van der Waals surface area (Å²) in [5.41, 5.74) is 5.13. The van der Waals surface area contributed by atoms with Gasteiger partial charge in [-0.15, -0.1) is 0 Å². The van der Waals surface area contributed by atoms with Gasteiger partial charge in [0.05, 0.1) is 16.2 Å². The molecule has 0 unspecified atom stereocenters. The third-order valence-electron chi connectivity index (χ3n) is 5.04. The van der Waals surface area contributed by atoms with Gasteiger partial charge in [-0.3, -0.25) is 4.98 Å². The molecule has 1 radical (unpaired) electrons. The summed E-state index contributed by atoms with van der Waals surface area (Å²) < 4.78 is 0. The zero-order chi connectivity index (χ0) is 18.5. The first kappa shape index (κ1) is 17.6. The number of aromatic amines is 4. The van der Waals surface area contributed by atoms with Gasteiger partial charge in [-0.1, -0.05) is 0 Å². The molecule has 0 spiro atoms. The third-order valence-corrected chi connectivity index (χ3v) is 5.04. The summed E-state index contributed by atoms with van der Waals surface area (Å²) >= 11 is 0. The summed E-state index contributed by atoms with van der Waals surface area (Å²) in [5.74, 6) is 0. The van der Waals surface area contributed by atoms with Gasteiger partial charge >= 0.3 is 0 Å². The van der Waals surface area contributed by atoms with Crippen LogP contribution in [0, 0.1) is 0 Å². The summed E-state index contributed by atoms with van der Waals surface area (Å²) in [7, 11) is 0. The van der Waals surface area contributed by atoms with Crippen molar-refractivity contribution in [2.45, 2.75) is 0 Å². The molecule has 1 aliphatic rings. The molecule has 0 saturated heterocycles. The molecule has 0 aliphatic carbocycles. The van der Waals surface area contributed by atoms with E-state index in [4.69, 9.17) is 0 Å². The summed E-state index contributed by atoms with van der Waals surface area (Å²) in [6.45, 7) is 0. The fraction of sp³-hybridized carbons (Fsp3) is 0. The molecule has 143 valence electrons. The Morgan fingerprint density at radius 2 is 1.14 bits per heavy atom. The molecule has 5 nitrogen and oxygen atoms in total. The van der Waals surface area contributed by atoms with Crippen LogP contribution in [0.1, 0.15) is 22.8 Å². The second-order valence-corrected chi connectivity index (χ2v) is 7.04. The molecular formula is C23H17CoN5. The Morgan fingerprint density at radius 3 is 1.79 bits per heavy atom. The van der Waals surface area contributed by atoms with Crippen LogP contribution in [-0.4, -0.2) is 24.9 Å². The topological polar surface area (TPSA) is 76.0 Å². The molecule has 0 amide bonds. The van der Waals surface area contributed by atoms with Crippen LogP contribution < -0.4 is 21.4 Å². The van der Waals surface area contributed by atoms with E-state index in [0.717, 1.165) is 55.1 Å². The van der Waals surface area contributed by atoms with Gasteiger partial charge in [0.2, 0.25) is 0 Å². The number of rotatable bonds is 0. The van der Waals surface area contributed by atoms with Gasteiger partial charge in [0.25, 0.3) is 0 Å². The van der Waals surface area contributed by atoms with Gasteiger partial charge in [-0.05, 0) is 72.8 Å². The van der Waals surface area contributed by atoms with Crippen molar-refractivity contribution >= 4 is 35.2 Å². The number of hydrogen-bond donors (Lipinski definition) is 4. The first-order chi connectivity index (χ1) is 13.8. The zero-order valence-corrected chi connectivity index (χ0v) is 16.3. The van der Waals surface area contributed by atoms with Gasteiger partial charge in [-0.25, -0.2) is 0 Å². The van der Waals surface area contributed by atoms with Crippen LogP contribution in [-0.2, 0) is 16.8 Å². The molecule has 6 heterocycles. The van der Waals surface area contributed by atoms with Crippen molar-refractivity contribution in [2.75, 3.05) is 0 Å². The van der Waals surface area contributed by atoms with E-state index in [1.165, 1.54) is 0 Å². The number of fused-ring (bicyclic) bond motifs is 11. The van der Waals surface area contributed by atoms with Gasteiger partial charge in [0.1, 0.15) is 0 Å². The minimum absolute atomic E-state index is 0. The van der Waals surface area contributed by atoms with Crippen LogP contribution in [0.25, 0.3) is 35.2 Å². The van der Waals surface area contributed by atoms with Crippen LogP contribution in [0.5, 0.6) is 0 Å². The van der Waals surface area contributed by atoms with Crippen molar-refractivity contribution in [1.82, 2.24) is 24.9 Å². The largest absolute Gasteiger partial charge is 0.355 e. The van der Waals surface area contributed by atoms with Crippen molar-refractivity contribution in [3.8, 4) is 0 Å². The fourth-order valence-corrected chi connectivity index (χ4v) is 3.77. The normalized spacial score (nSPS) is 12.3. The molecule has 5 aromatic rings. The SMILES string of the molecule is C1=c2ccc([nH]2)=Cc2ccc([nH]2)C=c2[nH]c(c3cccnc23)=Cc2ccc1[nH]2.[Co]. The van der Waals surface area contributed by atoms with E-state index in [-0.39, 0.29) is 16.8 Å². The van der Waals surface area contributed by atoms with E-state index in [1.807, 2.05) is 12.3 Å². The minimum atomic E-state index is 0. The molecule has 0 atom stereocenters. The van der Waals surface area contributed by atoms with E-state index in [1.54, 1.807) is 0 Å². The summed E-state index contributed by atoms with van der Waals surface area (Å²) in [4.78, 5) is 18.5. The number of H-pyrrole nitrogens is 4. The Balaban J connectivity index is 0.00000181. The average molecular weight is 422 g/mol. The van der Waals surface area contributed by atoms with Crippen LogP contribution >= 0.6 is 0 Å². The monoisotopic (exact) mass is 422 g/mol. The Bertz CT molecular complexity index is 1460. The third kappa shape index (κ3) is 3.18. The second-order valence-electron chi connectivity index (χ2n) is 7.04. The van der Waals surface area contributed by atoms with E-state index in [0.29, 0.717) is 0 Å². The molecule has 1 aliphatic heterocycles. The molecule has 6 heteroatoms. The van der Waals surface area contributed by atoms with Crippen LogP contribution in [0.15, 0.2) is 54.7 Å². The minimum Gasteiger partial charge on any atom is -0.355 e. The smallest absolute Gasteiger partial charge is 0.0958 e. The van der Waals surface area contributed by atoms with Gasteiger partial charge in [0, 0.05) is 61.8 Å². The molecule has 0 fully saturated rings. The molecule has 0 saturated carbocycles. The summed E-state index contributed by atoms with van der Waals surface area (Å²) in [6.07, 6.45) is 10.3. The Kier molecular flexibility index (Phi) is 4.15. The predicted molar refractivity (Wildman–Crippen MR) is 111 cm³/mol. The van der Waals surface area contributed by atoms with Crippen LogP contribution in [0.3, 0.4) is 0 Å². The van der Waals surface area contributed by atoms with E-state index < -0.39 is 0 Å². The summed E-state index contributed by atoms with van der Waals surface area (Å²) in [5, 5.41) is 5.24. The van der Waals surface area contributed by atoms with Crippen molar-refractivity contribution in [3.63, 3.8) is 0 Å². The van der Waals surface area contributed by atoms with Gasteiger partial charge < -0.3 is 19.9 Å².